The average Bonchev–Trinajstić information content (AvgIpc) is 2.48. The summed E-state index contributed by atoms with van der Waals surface area (Å²) in [7, 11) is 0. The third-order valence-corrected chi connectivity index (χ3v) is 5.37. The van der Waals surface area contributed by atoms with Gasteiger partial charge in [-0.3, -0.25) is 4.90 Å². The van der Waals surface area contributed by atoms with Crippen molar-refractivity contribution in [1.82, 2.24) is 10.2 Å². The molecular formula is C17H26N2. The molecule has 1 unspecified atom stereocenters. The van der Waals surface area contributed by atoms with Crippen molar-refractivity contribution >= 4 is 0 Å². The van der Waals surface area contributed by atoms with Crippen molar-refractivity contribution in [1.29, 1.82) is 0 Å². The van der Waals surface area contributed by atoms with Crippen LogP contribution < -0.4 is 5.32 Å². The maximum atomic E-state index is 3.58. The zero-order valence-corrected chi connectivity index (χ0v) is 12.3. The summed E-state index contributed by atoms with van der Waals surface area (Å²) in [5, 5.41) is 3.58. The normalized spacial score (nSPS) is 26.9. The van der Waals surface area contributed by atoms with Gasteiger partial charge in [0.05, 0.1) is 0 Å². The second-order valence-electron chi connectivity index (χ2n) is 6.55. The smallest absolute Gasteiger partial charge is 0.0476 e. The van der Waals surface area contributed by atoms with Crippen LogP contribution in [0.2, 0.25) is 0 Å². The fraction of sp³-hybridized carbons (Fsp3) is 0.647. The summed E-state index contributed by atoms with van der Waals surface area (Å²) in [5.41, 5.74) is 3.63. The number of rotatable bonds is 2. The fourth-order valence-corrected chi connectivity index (χ4v) is 3.53. The number of likely N-dealkylation sites (tertiary alicyclic amines) is 1. The molecule has 1 N–H and O–H groups in total. The van der Waals surface area contributed by atoms with Gasteiger partial charge >= 0.3 is 0 Å². The lowest BCUT2D eigenvalue weighted by atomic mass is 9.77. The van der Waals surface area contributed by atoms with Gasteiger partial charge in [-0.05, 0) is 42.5 Å². The van der Waals surface area contributed by atoms with E-state index in [1.807, 2.05) is 0 Å². The Bertz CT molecular complexity index is 433. The summed E-state index contributed by atoms with van der Waals surface area (Å²) in [6.45, 7) is 9.45. The fourth-order valence-electron chi connectivity index (χ4n) is 3.53. The topological polar surface area (TPSA) is 15.3 Å². The summed E-state index contributed by atoms with van der Waals surface area (Å²) >= 11 is 0. The molecule has 1 fully saturated rings. The van der Waals surface area contributed by atoms with E-state index in [-0.39, 0.29) is 0 Å². The predicted octanol–water partition coefficient (Wildman–Crippen LogP) is 3.34. The van der Waals surface area contributed by atoms with E-state index in [9.17, 15) is 0 Å². The lowest BCUT2D eigenvalue weighted by molar-refractivity contribution is 0.0768. The van der Waals surface area contributed by atoms with Gasteiger partial charge in [0, 0.05) is 19.1 Å². The Morgan fingerprint density at radius 2 is 2.00 bits per heavy atom. The first-order chi connectivity index (χ1) is 9.22. The second kappa shape index (κ2) is 5.26. The molecule has 104 valence electrons. The average molecular weight is 258 g/mol. The molecule has 2 aliphatic rings. The Balaban J connectivity index is 1.75. The number of benzene rings is 1. The predicted molar refractivity (Wildman–Crippen MR) is 80.1 cm³/mol. The highest BCUT2D eigenvalue weighted by Crippen LogP contribution is 2.37. The van der Waals surface area contributed by atoms with E-state index in [4.69, 9.17) is 0 Å². The van der Waals surface area contributed by atoms with Crippen molar-refractivity contribution in [2.24, 2.45) is 5.41 Å². The van der Waals surface area contributed by atoms with E-state index in [1.54, 1.807) is 5.56 Å². The highest BCUT2D eigenvalue weighted by molar-refractivity contribution is 5.32. The van der Waals surface area contributed by atoms with Crippen LogP contribution in [0.5, 0.6) is 0 Å². The molecule has 0 bridgehead atoms. The molecule has 0 aromatic heterocycles. The monoisotopic (exact) mass is 258 g/mol. The number of hydrogen-bond acceptors (Lipinski definition) is 2. The van der Waals surface area contributed by atoms with Gasteiger partial charge in [-0.15, -0.1) is 0 Å². The van der Waals surface area contributed by atoms with Crippen LogP contribution in [0.1, 0.15) is 50.3 Å². The summed E-state index contributed by atoms with van der Waals surface area (Å²) in [4.78, 5) is 2.70. The van der Waals surface area contributed by atoms with E-state index in [0.717, 1.165) is 13.1 Å². The van der Waals surface area contributed by atoms with Gasteiger partial charge in [0.25, 0.3) is 0 Å². The first-order valence-corrected chi connectivity index (χ1v) is 7.74. The Kier molecular flexibility index (Phi) is 3.64. The molecule has 0 aliphatic carbocycles. The number of piperidine rings is 1. The molecule has 1 saturated heterocycles. The third-order valence-electron chi connectivity index (χ3n) is 5.37. The van der Waals surface area contributed by atoms with E-state index >= 15 is 0 Å². The van der Waals surface area contributed by atoms with E-state index in [2.05, 4.69) is 48.3 Å². The number of hydrogen-bond donors (Lipinski definition) is 1. The largest absolute Gasteiger partial charge is 0.311 e. The molecule has 0 radical (unpaired) electrons. The van der Waals surface area contributed by atoms with Crippen LogP contribution in [0.4, 0.5) is 0 Å². The van der Waals surface area contributed by atoms with Crippen molar-refractivity contribution in [3.8, 4) is 0 Å². The van der Waals surface area contributed by atoms with Crippen molar-refractivity contribution in [2.45, 2.75) is 45.7 Å². The number of nitrogens with one attached hydrogen (secondary N) is 1. The summed E-state index contributed by atoms with van der Waals surface area (Å²) < 4.78 is 0. The van der Waals surface area contributed by atoms with Gasteiger partial charge in [0.1, 0.15) is 0 Å². The maximum absolute atomic E-state index is 3.58. The minimum absolute atomic E-state index is 0.581. The third kappa shape index (κ3) is 2.56. The standard InChI is InChI=1S/C17H26N2/c1-3-17(2)8-10-19(11-9-17)16-13-18-12-14-6-4-5-7-15(14)16/h4-7,16,18H,3,8-13H2,1-2H3. The molecule has 1 aromatic carbocycles. The van der Waals surface area contributed by atoms with Crippen LogP contribution in [0, 0.1) is 5.41 Å². The SMILES string of the molecule is CCC1(C)CCN(C2CNCc3ccccc32)CC1. The Labute approximate surface area is 117 Å². The van der Waals surface area contributed by atoms with Crippen molar-refractivity contribution < 1.29 is 0 Å². The lowest BCUT2D eigenvalue weighted by Crippen LogP contribution is -2.45. The second-order valence-corrected chi connectivity index (χ2v) is 6.55. The lowest BCUT2D eigenvalue weighted by Gasteiger charge is -2.44. The van der Waals surface area contributed by atoms with E-state index in [0.29, 0.717) is 11.5 Å². The highest BCUT2D eigenvalue weighted by Gasteiger charge is 2.33. The van der Waals surface area contributed by atoms with Crippen LogP contribution >= 0.6 is 0 Å². The zero-order valence-electron chi connectivity index (χ0n) is 12.3. The van der Waals surface area contributed by atoms with Crippen molar-refractivity contribution in [3.05, 3.63) is 35.4 Å². The first-order valence-electron chi connectivity index (χ1n) is 7.74. The number of nitrogens with zero attached hydrogens (tertiary/aromatic N) is 1. The highest BCUT2D eigenvalue weighted by atomic mass is 15.2. The molecule has 2 heteroatoms. The Morgan fingerprint density at radius 3 is 2.74 bits per heavy atom. The van der Waals surface area contributed by atoms with Gasteiger partial charge < -0.3 is 5.32 Å². The summed E-state index contributed by atoms with van der Waals surface area (Å²) in [5.74, 6) is 0. The molecule has 2 aliphatic heterocycles. The van der Waals surface area contributed by atoms with E-state index in [1.165, 1.54) is 37.9 Å². The molecule has 0 spiro atoms. The molecule has 2 heterocycles. The molecule has 1 atom stereocenters. The minimum Gasteiger partial charge on any atom is -0.311 e. The molecule has 0 amide bonds. The van der Waals surface area contributed by atoms with Gasteiger partial charge in [-0.1, -0.05) is 44.5 Å². The number of fused-ring (bicyclic) bond motifs is 1. The van der Waals surface area contributed by atoms with Crippen LogP contribution in [0.25, 0.3) is 0 Å². The van der Waals surface area contributed by atoms with Crippen LogP contribution in [0.15, 0.2) is 24.3 Å². The van der Waals surface area contributed by atoms with E-state index < -0.39 is 0 Å². The molecule has 1 aromatic rings. The van der Waals surface area contributed by atoms with Crippen LogP contribution in [-0.2, 0) is 6.54 Å². The van der Waals surface area contributed by atoms with Gasteiger partial charge in [0.2, 0.25) is 0 Å². The molecule has 3 rings (SSSR count). The molecule has 19 heavy (non-hydrogen) atoms. The van der Waals surface area contributed by atoms with Crippen molar-refractivity contribution in [3.63, 3.8) is 0 Å². The quantitative estimate of drug-likeness (QED) is 0.875. The van der Waals surface area contributed by atoms with Crippen LogP contribution in [0.3, 0.4) is 0 Å². The Hall–Kier alpha value is -0.860. The van der Waals surface area contributed by atoms with Gasteiger partial charge in [-0.25, -0.2) is 0 Å². The Morgan fingerprint density at radius 1 is 1.26 bits per heavy atom. The summed E-state index contributed by atoms with van der Waals surface area (Å²) in [6.07, 6.45) is 4.02. The minimum atomic E-state index is 0.581. The maximum Gasteiger partial charge on any atom is 0.0476 e. The first kappa shape index (κ1) is 13.1. The van der Waals surface area contributed by atoms with Crippen LogP contribution in [-0.4, -0.2) is 24.5 Å². The van der Waals surface area contributed by atoms with Gasteiger partial charge in [0.15, 0.2) is 0 Å². The summed E-state index contributed by atoms with van der Waals surface area (Å²) in [6, 6.07) is 9.54. The molecular weight excluding hydrogens is 232 g/mol. The van der Waals surface area contributed by atoms with Gasteiger partial charge in [-0.2, -0.15) is 0 Å². The van der Waals surface area contributed by atoms with Crippen molar-refractivity contribution in [2.75, 3.05) is 19.6 Å². The zero-order chi connectivity index (χ0) is 13.3. The molecule has 2 nitrogen and oxygen atoms in total. The molecule has 0 saturated carbocycles.